The van der Waals surface area contributed by atoms with Crippen molar-refractivity contribution in [3.05, 3.63) is 81.0 Å². The number of methoxy groups -OCH3 is 1. The maximum atomic E-state index is 14.8. The zero-order chi connectivity index (χ0) is 35.9. The SMILES string of the molecule is COCCCN(C)C.Cc1csc([C@@H](C)NC(=O)C2CC3CC3N2C(=O)CNC(=O)c2ccc3c(c2)-c2ccccc2C3(F)F)c1.N=CN. The van der Waals surface area contributed by atoms with Gasteiger partial charge in [0.1, 0.15) is 6.04 Å². The fraction of sp³-hybridized carbons (Fsp3) is 0.444. The average Bonchev–Trinajstić information content (AvgIpc) is 3.39. The van der Waals surface area contributed by atoms with Crippen LogP contribution in [0.5, 0.6) is 0 Å². The summed E-state index contributed by atoms with van der Waals surface area (Å²) in [5.41, 5.74) is 6.23. The van der Waals surface area contributed by atoms with Crippen LogP contribution in [-0.4, -0.2) is 86.8 Å². The van der Waals surface area contributed by atoms with Crippen molar-refractivity contribution < 1.29 is 27.9 Å². The van der Waals surface area contributed by atoms with Gasteiger partial charge < -0.3 is 30.9 Å². The van der Waals surface area contributed by atoms with E-state index in [0.717, 1.165) is 42.8 Å². The van der Waals surface area contributed by atoms with Crippen molar-refractivity contribution in [3.8, 4) is 11.1 Å². The van der Waals surface area contributed by atoms with Gasteiger partial charge in [0.2, 0.25) is 11.8 Å². The van der Waals surface area contributed by atoms with Crippen LogP contribution in [-0.2, 0) is 20.2 Å². The number of likely N-dealkylation sites (tertiary alicyclic amines) is 1. The molecule has 3 unspecified atom stereocenters. The van der Waals surface area contributed by atoms with Gasteiger partial charge in [-0.05, 0) is 99.9 Å². The average molecular weight is 697 g/mol. The number of carbonyl (C=O) groups excluding carboxylic acids is 3. The summed E-state index contributed by atoms with van der Waals surface area (Å²) in [7, 11) is 5.86. The van der Waals surface area contributed by atoms with Gasteiger partial charge in [-0.3, -0.25) is 19.8 Å². The van der Waals surface area contributed by atoms with Gasteiger partial charge in [0.15, 0.2) is 0 Å². The van der Waals surface area contributed by atoms with Gasteiger partial charge in [-0.1, -0.05) is 30.3 Å². The number of thiophene rings is 1. The van der Waals surface area contributed by atoms with E-state index in [0.29, 0.717) is 23.5 Å². The minimum Gasteiger partial charge on any atom is -0.390 e. The molecule has 1 saturated heterocycles. The second-order valence-electron chi connectivity index (χ2n) is 12.8. The van der Waals surface area contributed by atoms with Crippen LogP contribution in [0, 0.1) is 18.3 Å². The molecule has 2 fully saturated rings. The van der Waals surface area contributed by atoms with E-state index in [2.05, 4.69) is 35.4 Å². The second-order valence-corrected chi connectivity index (χ2v) is 13.7. The summed E-state index contributed by atoms with van der Waals surface area (Å²) >= 11 is 1.59. The zero-order valence-electron chi connectivity index (χ0n) is 28.6. The Morgan fingerprint density at radius 1 is 1.14 bits per heavy atom. The van der Waals surface area contributed by atoms with Crippen LogP contribution in [0.25, 0.3) is 11.1 Å². The number of nitrogens with zero attached hydrogens (tertiary/aromatic N) is 2. The highest BCUT2D eigenvalue weighted by Crippen LogP contribution is 2.51. The first kappa shape index (κ1) is 37.6. The van der Waals surface area contributed by atoms with Crippen molar-refractivity contribution in [2.75, 3.05) is 40.9 Å². The number of halogens is 2. The first-order chi connectivity index (χ1) is 23.3. The highest BCUT2D eigenvalue weighted by Gasteiger charge is 2.56. The highest BCUT2D eigenvalue weighted by molar-refractivity contribution is 7.10. The molecule has 3 aromatic rings. The van der Waals surface area contributed by atoms with E-state index in [4.69, 9.17) is 10.1 Å². The second kappa shape index (κ2) is 16.5. The largest absolute Gasteiger partial charge is 0.390 e. The minimum atomic E-state index is -3.12. The summed E-state index contributed by atoms with van der Waals surface area (Å²) < 4.78 is 34.5. The van der Waals surface area contributed by atoms with E-state index in [1.54, 1.807) is 41.5 Å². The maximum absolute atomic E-state index is 14.8. The Bertz CT molecular complexity index is 1650. The first-order valence-corrected chi connectivity index (χ1v) is 17.1. The first-order valence-electron chi connectivity index (χ1n) is 16.2. The quantitative estimate of drug-likeness (QED) is 0.135. The van der Waals surface area contributed by atoms with Gasteiger partial charge in [0.05, 0.1) is 18.9 Å². The van der Waals surface area contributed by atoms with E-state index in [1.807, 2.05) is 25.3 Å². The van der Waals surface area contributed by atoms with Crippen LogP contribution in [0.3, 0.4) is 0 Å². The lowest BCUT2D eigenvalue weighted by Gasteiger charge is -2.28. The molecule has 10 nitrogen and oxygen atoms in total. The number of nitrogens with two attached hydrogens (primary N) is 1. The number of hydrogen-bond donors (Lipinski definition) is 4. The molecular weight excluding hydrogens is 650 g/mol. The molecule has 1 saturated carbocycles. The van der Waals surface area contributed by atoms with Gasteiger partial charge in [0, 0.05) is 41.3 Å². The Hall–Kier alpha value is -4.20. The molecule has 0 bridgehead atoms. The number of rotatable bonds is 10. The van der Waals surface area contributed by atoms with Crippen LogP contribution in [0.4, 0.5) is 8.78 Å². The number of nitrogens with one attached hydrogen (secondary N) is 3. The summed E-state index contributed by atoms with van der Waals surface area (Å²) in [5, 5.41) is 13.6. The Balaban J connectivity index is 0.000000429. The van der Waals surface area contributed by atoms with E-state index in [1.165, 1.54) is 24.3 Å². The third-order valence-electron chi connectivity index (χ3n) is 8.76. The Kier molecular flexibility index (Phi) is 12.6. The summed E-state index contributed by atoms with van der Waals surface area (Å²) in [6.45, 7) is 5.65. The predicted octanol–water partition coefficient (Wildman–Crippen LogP) is 4.91. The van der Waals surface area contributed by atoms with Crippen molar-refractivity contribution in [2.24, 2.45) is 11.7 Å². The van der Waals surface area contributed by atoms with Gasteiger partial charge in [-0.15, -0.1) is 11.3 Å². The Morgan fingerprint density at radius 2 is 1.84 bits per heavy atom. The van der Waals surface area contributed by atoms with Gasteiger partial charge in [-0.25, -0.2) is 0 Å². The minimum absolute atomic E-state index is 0.0215. The third kappa shape index (κ3) is 8.89. The topological polar surface area (TPSA) is 141 Å². The van der Waals surface area contributed by atoms with Crippen molar-refractivity contribution in [1.29, 1.82) is 5.41 Å². The molecule has 2 aliphatic carbocycles. The molecule has 0 radical (unpaired) electrons. The zero-order valence-corrected chi connectivity index (χ0v) is 29.4. The Morgan fingerprint density at radius 3 is 2.49 bits per heavy atom. The smallest absolute Gasteiger partial charge is 0.299 e. The molecule has 264 valence electrons. The fourth-order valence-electron chi connectivity index (χ4n) is 6.30. The molecule has 0 spiro atoms. The molecule has 2 aromatic carbocycles. The van der Waals surface area contributed by atoms with Gasteiger partial charge in [0.25, 0.3) is 11.8 Å². The fourth-order valence-corrected chi connectivity index (χ4v) is 7.21. The summed E-state index contributed by atoms with van der Waals surface area (Å²) in [5.74, 6) is -3.84. The molecule has 6 rings (SSSR count). The number of fused-ring (bicyclic) bond motifs is 4. The van der Waals surface area contributed by atoms with Crippen molar-refractivity contribution >= 4 is 35.4 Å². The Labute approximate surface area is 290 Å². The van der Waals surface area contributed by atoms with E-state index < -0.39 is 17.9 Å². The predicted molar refractivity (Wildman–Crippen MR) is 188 cm³/mol. The number of carbonyl (C=O) groups is 3. The number of piperidine rings is 1. The summed E-state index contributed by atoms with van der Waals surface area (Å²) in [6, 6.07) is 11.7. The lowest BCUT2D eigenvalue weighted by Crippen LogP contribution is -2.51. The number of aryl methyl sites for hydroxylation is 1. The molecule has 13 heteroatoms. The van der Waals surface area contributed by atoms with Crippen molar-refractivity contribution in [1.82, 2.24) is 20.4 Å². The van der Waals surface area contributed by atoms with Crippen LogP contribution in [0.2, 0.25) is 0 Å². The molecule has 49 heavy (non-hydrogen) atoms. The molecule has 4 atom stereocenters. The molecule has 1 aromatic heterocycles. The molecule has 3 amide bonds. The van der Waals surface area contributed by atoms with Crippen LogP contribution < -0.4 is 16.4 Å². The molecule has 3 aliphatic rings. The number of amides is 3. The number of alkyl halides is 2. The lowest BCUT2D eigenvalue weighted by molar-refractivity contribution is -0.139. The monoisotopic (exact) mass is 696 g/mol. The normalized spacial score (nSPS) is 19.6. The maximum Gasteiger partial charge on any atom is 0.299 e. The van der Waals surface area contributed by atoms with E-state index in [-0.39, 0.29) is 47.1 Å². The molecule has 1 aliphatic heterocycles. The summed E-state index contributed by atoms with van der Waals surface area (Å²) in [4.78, 5) is 44.0. The van der Waals surface area contributed by atoms with E-state index >= 15 is 0 Å². The van der Waals surface area contributed by atoms with Crippen molar-refractivity contribution in [2.45, 2.75) is 57.2 Å². The van der Waals surface area contributed by atoms with Crippen LogP contribution in [0.15, 0.2) is 53.9 Å². The van der Waals surface area contributed by atoms with Crippen LogP contribution >= 0.6 is 11.3 Å². The standard InChI is InChI=1S/C29H27F2N3O3S.C6H15NO.CH4N2/c1-15-9-25(38-14-15)16(2)33-28(37)24-12-18-11-23(18)34(24)26(35)13-32-27(36)17-7-8-22-20(10-17)19-5-3-4-6-21(19)29(22,30)31;1-7(2)5-4-6-8-3;2-1-3/h3-10,14,16,18,23-24H,11-13H2,1-2H3,(H,32,36)(H,33,37);4-6H2,1-3H3;1H,(H3,2,3)/t16-,18?,23?,24?;;/m1../s1. The third-order valence-corrected chi connectivity index (χ3v) is 9.99. The highest BCUT2D eigenvalue weighted by atomic mass is 32.1. The van der Waals surface area contributed by atoms with Crippen LogP contribution in [0.1, 0.15) is 64.2 Å². The number of benzene rings is 2. The number of ether oxygens (including phenoxy) is 1. The van der Waals surface area contributed by atoms with Crippen molar-refractivity contribution in [3.63, 3.8) is 0 Å². The number of hydrogen-bond acceptors (Lipinski definition) is 7. The van der Waals surface area contributed by atoms with Gasteiger partial charge in [-0.2, -0.15) is 8.78 Å². The molecular formula is C36H46F2N6O4S. The lowest BCUT2D eigenvalue weighted by atomic mass is 10.0. The summed E-state index contributed by atoms with van der Waals surface area (Å²) in [6.07, 6.45) is 3.36. The molecule has 5 N–H and O–H groups in total. The van der Waals surface area contributed by atoms with E-state index in [9.17, 15) is 23.2 Å². The molecule has 2 heterocycles. The van der Waals surface area contributed by atoms with Gasteiger partial charge >= 0.3 is 0 Å².